The Balaban J connectivity index is 1.67. The highest BCUT2D eigenvalue weighted by atomic mass is 16.6. The summed E-state index contributed by atoms with van der Waals surface area (Å²) in [5.74, 6) is -0.476. The molecule has 1 heterocycles. The summed E-state index contributed by atoms with van der Waals surface area (Å²) in [6, 6.07) is 25.2. The van der Waals surface area contributed by atoms with E-state index in [1.807, 2.05) is 66.7 Å². The van der Waals surface area contributed by atoms with Crippen LogP contribution in [0.3, 0.4) is 0 Å². The Morgan fingerprint density at radius 1 is 0.839 bits per heavy atom. The molecule has 0 atom stereocenters. The fraction of sp³-hybridized carbons (Fsp3) is 0. The maximum absolute atomic E-state index is 12.1. The predicted octanol–water partition coefficient (Wildman–Crippen LogP) is 4.24. The lowest BCUT2D eigenvalue weighted by Gasteiger charge is -2.10. The van der Waals surface area contributed by atoms with Crippen LogP contribution in [0.15, 0.2) is 90.0 Å². The lowest BCUT2D eigenvalue weighted by atomic mass is 10.1. The number of para-hydroxylation sites is 1. The summed E-state index contributed by atoms with van der Waals surface area (Å²) in [4.78, 5) is 19.2. The summed E-state index contributed by atoms with van der Waals surface area (Å²) < 4.78 is 0. The summed E-state index contributed by atoms with van der Waals surface area (Å²) >= 11 is 0. The first-order chi connectivity index (χ1) is 15.1. The van der Waals surface area contributed by atoms with Crippen molar-refractivity contribution in [3.8, 4) is 28.3 Å². The van der Waals surface area contributed by atoms with Gasteiger partial charge in [-0.1, -0.05) is 72.8 Å². The van der Waals surface area contributed by atoms with E-state index in [1.54, 1.807) is 0 Å². The summed E-state index contributed by atoms with van der Waals surface area (Å²) in [6.45, 7) is 0. The van der Waals surface area contributed by atoms with Crippen LogP contribution in [0.4, 0.5) is 11.6 Å². The lowest BCUT2D eigenvalue weighted by Crippen LogP contribution is -2.03. The van der Waals surface area contributed by atoms with Gasteiger partial charge in [0.2, 0.25) is 5.95 Å². The zero-order valence-corrected chi connectivity index (χ0v) is 16.2. The molecular formula is C23H16N5O3-. The number of aromatic nitrogens is 2. The van der Waals surface area contributed by atoms with Crippen LogP contribution in [0.5, 0.6) is 5.75 Å². The van der Waals surface area contributed by atoms with E-state index in [0.29, 0.717) is 11.4 Å². The van der Waals surface area contributed by atoms with Crippen LogP contribution in [0.2, 0.25) is 0 Å². The van der Waals surface area contributed by atoms with Gasteiger partial charge in [-0.3, -0.25) is 10.1 Å². The molecule has 8 heteroatoms. The summed E-state index contributed by atoms with van der Waals surface area (Å²) in [5, 5.41) is 27.1. The normalized spacial score (nSPS) is 10.8. The molecule has 0 spiro atoms. The molecule has 0 aliphatic heterocycles. The summed E-state index contributed by atoms with van der Waals surface area (Å²) in [7, 11) is 0. The molecule has 0 unspecified atom stereocenters. The largest absolute Gasteiger partial charge is 0.867 e. The third kappa shape index (κ3) is 4.54. The molecule has 4 rings (SSSR count). The number of benzene rings is 3. The first kappa shape index (κ1) is 19.7. The zero-order chi connectivity index (χ0) is 21.6. The van der Waals surface area contributed by atoms with Crippen molar-refractivity contribution in [1.29, 1.82) is 0 Å². The van der Waals surface area contributed by atoms with Gasteiger partial charge in [0.25, 0.3) is 5.69 Å². The molecule has 152 valence electrons. The summed E-state index contributed by atoms with van der Waals surface area (Å²) in [6.07, 6.45) is 1.22. The Morgan fingerprint density at radius 2 is 1.42 bits per heavy atom. The van der Waals surface area contributed by atoms with Gasteiger partial charge in [-0.05, 0) is 17.4 Å². The van der Waals surface area contributed by atoms with Crippen LogP contribution in [-0.2, 0) is 0 Å². The fourth-order valence-electron chi connectivity index (χ4n) is 2.96. The molecular weight excluding hydrogens is 394 g/mol. The number of nitro benzene ring substituents is 1. The minimum atomic E-state index is -0.717. The highest BCUT2D eigenvalue weighted by Gasteiger charge is 2.09. The highest BCUT2D eigenvalue weighted by molar-refractivity contribution is 5.85. The Labute approximate surface area is 177 Å². The number of hydrogen-bond acceptors (Lipinski definition) is 7. The van der Waals surface area contributed by atoms with Crippen molar-refractivity contribution in [2.24, 2.45) is 5.10 Å². The minimum absolute atomic E-state index is 0.0872. The van der Waals surface area contributed by atoms with E-state index in [4.69, 9.17) is 0 Å². The SMILES string of the molecule is O=[N+]([O-])c1cccc(/C=N/Nc2nc(-c3ccccc3)cc(-c3ccccc3)n2)c1[O-]. The monoisotopic (exact) mass is 410 g/mol. The van der Waals surface area contributed by atoms with Crippen LogP contribution in [0, 0.1) is 10.1 Å². The molecule has 1 aromatic heterocycles. The van der Waals surface area contributed by atoms with Crippen LogP contribution in [0.25, 0.3) is 22.5 Å². The Morgan fingerprint density at radius 3 is 1.97 bits per heavy atom. The van der Waals surface area contributed by atoms with Crippen LogP contribution in [0.1, 0.15) is 5.56 Å². The molecule has 0 saturated carbocycles. The van der Waals surface area contributed by atoms with Crippen molar-refractivity contribution in [2.45, 2.75) is 0 Å². The van der Waals surface area contributed by atoms with E-state index < -0.39 is 16.4 Å². The van der Waals surface area contributed by atoms with Gasteiger partial charge in [0.05, 0.1) is 22.5 Å². The third-order valence-electron chi connectivity index (χ3n) is 4.45. The maximum Gasteiger partial charge on any atom is 0.262 e. The molecule has 0 radical (unpaired) electrons. The van der Waals surface area contributed by atoms with E-state index in [-0.39, 0.29) is 11.5 Å². The average Bonchev–Trinajstić information content (AvgIpc) is 2.81. The predicted molar refractivity (Wildman–Crippen MR) is 117 cm³/mol. The van der Waals surface area contributed by atoms with E-state index in [1.165, 1.54) is 18.3 Å². The molecule has 0 bridgehead atoms. The number of hydrazone groups is 1. The van der Waals surface area contributed by atoms with Gasteiger partial charge in [-0.25, -0.2) is 15.4 Å². The number of hydrogen-bond donors (Lipinski definition) is 1. The van der Waals surface area contributed by atoms with E-state index in [0.717, 1.165) is 17.2 Å². The number of rotatable bonds is 6. The minimum Gasteiger partial charge on any atom is -0.867 e. The topological polar surface area (TPSA) is 116 Å². The number of anilines is 1. The molecule has 1 N–H and O–H groups in total. The first-order valence-electron chi connectivity index (χ1n) is 9.35. The van der Waals surface area contributed by atoms with E-state index >= 15 is 0 Å². The van der Waals surface area contributed by atoms with Crippen LogP contribution >= 0.6 is 0 Å². The fourth-order valence-corrected chi connectivity index (χ4v) is 2.96. The third-order valence-corrected chi connectivity index (χ3v) is 4.45. The standard InChI is InChI=1S/C23H17N5O3/c29-22-18(12-7-13-21(22)28(30)31)15-24-27-23-25-19(16-8-3-1-4-9-16)14-20(26-23)17-10-5-2-6-11-17/h1-15,29H,(H,25,26,27)/p-1/b24-15+. The van der Waals surface area contributed by atoms with Gasteiger partial charge >= 0.3 is 0 Å². The lowest BCUT2D eigenvalue weighted by molar-refractivity contribution is -0.398. The van der Waals surface area contributed by atoms with Gasteiger partial charge in [0.1, 0.15) is 0 Å². The van der Waals surface area contributed by atoms with Crippen LogP contribution < -0.4 is 10.5 Å². The van der Waals surface area contributed by atoms with Crippen molar-refractivity contribution in [2.75, 3.05) is 5.43 Å². The Bertz CT molecular complexity index is 1190. The molecule has 8 nitrogen and oxygen atoms in total. The first-order valence-corrected chi connectivity index (χ1v) is 9.35. The van der Waals surface area contributed by atoms with Gasteiger partial charge in [0, 0.05) is 17.2 Å². The van der Waals surface area contributed by atoms with Crippen molar-refractivity contribution >= 4 is 17.9 Å². The van der Waals surface area contributed by atoms with Gasteiger partial charge < -0.3 is 5.11 Å². The smallest absolute Gasteiger partial charge is 0.262 e. The zero-order valence-electron chi connectivity index (χ0n) is 16.2. The van der Waals surface area contributed by atoms with Crippen LogP contribution in [-0.4, -0.2) is 21.1 Å². The molecule has 31 heavy (non-hydrogen) atoms. The quantitative estimate of drug-likeness (QED) is 0.289. The second kappa shape index (κ2) is 8.83. The van der Waals surface area contributed by atoms with Gasteiger partial charge in [-0.15, -0.1) is 0 Å². The molecule has 0 amide bonds. The molecule has 0 aliphatic carbocycles. The van der Waals surface area contributed by atoms with E-state index in [2.05, 4.69) is 20.5 Å². The second-order valence-electron chi connectivity index (χ2n) is 6.52. The molecule has 0 aliphatic rings. The molecule has 0 fully saturated rings. The van der Waals surface area contributed by atoms with Crippen molar-refractivity contribution < 1.29 is 10.0 Å². The molecule has 3 aromatic carbocycles. The Hall–Kier alpha value is -4.59. The Kier molecular flexibility index (Phi) is 5.62. The maximum atomic E-state index is 12.1. The molecule has 0 saturated heterocycles. The molecule has 4 aromatic rings. The van der Waals surface area contributed by atoms with Crippen molar-refractivity contribution in [3.63, 3.8) is 0 Å². The number of nitrogens with zero attached hydrogens (tertiary/aromatic N) is 4. The van der Waals surface area contributed by atoms with E-state index in [9.17, 15) is 15.2 Å². The van der Waals surface area contributed by atoms with Gasteiger partial charge in [0.15, 0.2) is 0 Å². The van der Waals surface area contributed by atoms with Crippen molar-refractivity contribution in [3.05, 3.63) is 101 Å². The second-order valence-corrected chi connectivity index (χ2v) is 6.52. The van der Waals surface area contributed by atoms with Gasteiger partial charge in [-0.2, -0.15) is 5.10 Å². The number of nitrogens with one attached hydrogen (secondary N) is 1. The number of nitro groups is 1. The average molecular weight is 410 g/mol. The van der Waals surface area contributed by atoms with Crippen molar-refractivity contribution in [1.82, 2.24) is 9.97 Å². The highest BCUT2D eigenvalue weighted by Crippen LogP contribution is 2.26. The summed E-state index contributed by atoms with van der Waals surface area (Å²) in [5.41, 5.74) is 5.54.